The number of halogens is 2. The largest absolute Gasteiger partial charge is 0.355 e. The van der Waals surface area contributed by atoms with Gasteiger partial charge in [0, 0.05) is 28.1 Å². The minimum Gasteiger partial charge on any atom is -0.355 e. The predicted molar refractivity (Wildman–Crippen MR) is 96.7 cm³/mol. The standard InChI is InChI=1S/C16H16Cl2N4OS/c17-10-5-9(6-11(18)7-10)15-21-22-16(24-15)19-12-3-4-13(23)20-14(12)8-1-2-8/h5-8,12,14H,1-4H2,(H,19,22)(H,20,23). The van der Waals surface area contributed by atoms with E-state index in [1.807, 2.05) is 12.1 Å². The smallest absolute Gasteiger partial charge is 0.220 e. The summed E-state index contributed by atoms with van der Waals surface area (Å²) in [7, 11) is 0. The number of piperidine rings is 1. The van der Waals surface area contributed by atoms with Gasteiger partial charge in [-0.3, -0.25) is 4.79 Å². The number of carbonyl (C=O) groups is 1. The normalized spacial score (nSPS) is 23.8. The molecule has 4 rings (SSSR count). The van der Waals surface area contributed by atoms with Crippen molar-refractivity contribution in [1.29, 1.82) is 0 Å². The van der Waals surface area contributed by atoms with Crippen molar-refractivity contribution < 1.29 is 4.79 Å². The van der Waals surface area contributed by atoms with Crippen LogP contribution in [-0.2, 0) is 4.79 Å². The molecule has 2 aliphatic rings. The molecule has 1 aliphatic carbocycles. The Morgan fingerprint density at radius 1 is 1.12 bits per heavy atom. The third-order valence-electron chi connectivity index (χ3n) is 4.42. The van der Waals surface area contributed by atoms with E-state index in [4.69, 9.17) is 23.2 Å². The Labute approximate surface area is 153 Å². The van der Waals surface area contributed by atoms with Gasteiger partial charge in [0.25, 0.3) is 0 Å². The molecule has 1 aromatic carbocycles. The number of anilines is 1. The molecule has 2 fully saturated rings. The zero-order valence-electron chi connectivity index (χ0n) is 12.8. The van der Waals surface area contributed by atoms with E-state index >= 15 is 0 Å². The first kappa shape index (κ1) is 16.1. The lowest BCUT2D eigenvalue weighted by Crippen LogP contribution is -2.52. The van der Waals surface area contributed by atoms with Crippen LogP contribution in [0.25, 0.3) is 10.6 Å². The van der Waals surface area contributed by atoms with Crippen molar-refractivity contribution in [3.05, 3.63) is 28.2 Å². The lowest BCUT2D eigenvalue weighted by molar-refractivity contribution is -0.123. The molecule has 1 aliphatic heterocycles. The van der Waals surface area contributed by atoms with E-state index in [0.717, 1.165) is 22.1 Å². The van der Waals surface area contributed by atoms with Crippen molar-refractivity contribution in [3.8, 4) is 10.6 Å². The van der Waals surface area contributed by atoms with E-state index in [9.17, 15) is 4.79 Å². The van der Waals surface area contributed by atoms with Gasteiger partial charge in [-0.1, -0.05) is 34.5 Å². The molecule has 0 radical (unpaired) electrons. The fourth-order valence-corrected chi connectivity index (χ4v) is 4.44. The predicted octanol–water partition coefficient (Wildman–Crippen LogP) is 3.98. The Kier molecular flexibility index (Phi) is 4.37. The fourth-order valence-electron chi connectivity index (χ4n) is 3.12. The molecule has 1 aromatic heterocycles. The van der Waals surface area contributed by atoms with E-state index in [0.29, 0.717) is 22.4 Å². The van der Waals surface area contributed by atoms with Crippen molar-refractivity contribution in [2.24, 2.45) is 5.92 Å². The molecule has 2 unspecified atom stereocenters. The summed E-state index contributed by atoms with van der Waals surface area (Å²) in [5.41, 5.74) is 0.855. The lowest BCUT2D eigenvalue weighted by atomic mass is 9.94. The number of hydrogen-bond acceptors (Lipinski definition) is 5. The second kappa shape index (κ2) is 6.50. The van der Waals surface area contributed by atoms with Gasteiger partial charge in [-0.05, 0) is 43.4 Å². The average Bonchev–Trinajstić information content (AvgIpc) is 3.27. The van der Waals surface area contributed by atoms with Crippen LogP contribution in [0.4, 0.5) is 5.13 Å². The van der Waals surface area contributed by atoms with Gasteiger partial charge in [0.15, 0.2) is 0 Å². The average molecular weight is 383 g/mol. The maximum atomic E-state index is 11.7. The maximum Gasteiger partial charge on any atom is 0.220 e. The van der Waals surface area contributed by atoms with Gasteiger partial charge < -0.3 is 10.6 Å². The maximum absolute atomic E-state index is 11.7. The third-order valence-corrected chi connectivity index (χ3v) is 5.76. The molecule has 2 aromatic rings. The number of hydrogen-bond donors (Lipinski definition) is 2. The van der Waals surface area contributed by atoms with Gasteiger partial charge in [-0.15, -0.1) is 10.2 Å². The highest BCUT2D eigenvalue weighted by Gasteiger charge is 2.40. The van der Waals surface area contributed by atoms with E-state index in [1.165, 1.54) is 24.2 Å². The summed E-state index contributed by atoms with van der Waals surface area (Å²) < 4.78 is 0. The number of aromatic nitrogens is 2. The van der Waals surface area contributed by atoms with E-state index in [1.54, 1.807) is 6.07 Å². The Balaban J connectivity index is 1.51. The van der Waals surface area contributed by atoms with Crippen molar-refractivity contribution in [3.63, 3.8) is 0 Å². The number of carbonyl (C=O) groups excluding carboxylic acids is 1. The van der Waals surface area contributed by atoms with Crippen LogP contribution in [0.15, 0.2) is 18.2 Å². The molecule has 0 bridgehead atoms. The van der Waals surface area contributed by atoms with Crippen LogP contribution in [0.5, 0.6) is 0 Å². The minimum atomic E-state index is 0.150. The molecule has 1 saturated heterocycles. The van der Waals surface area contributed by atoms with Gasteiger partial charge in [-0.25, -0.2) is 0 Å². The highest BCUT2D eigenvalue weighted by molar-refractivity contribution is 7.18. The molecule has 1 amide bonds. The zero-order chi connectivity index (χ0) is 16.7. The van der Waals surface area contributed by atoms with Crippen molar-refractivity contribution >= 4 is 45.6 Å². The molecular weight excluding hydrogens is 367 g/mol. The SMILES string of the molecule is O=C1CCC(Nc2nnc(-c3cc(Cl)cc(Cl)c3)s2)C(C2CC2)N1. The summed E-state index contributed by atoms with van der Waals surface area (Å²) in [6.45, 7) is 0. The number of nitrogens with one attached hydrogen (secondary N) is 2. The molecule has 2 heterocycles. The Morgan fingerprint density at radius 2 is 1.88 bits per heavy atom. The van der Waals surface area contributed by atoms with Gasteiger partial charge in [-0.2, -0.15) is 0 Å². The molecule has 0 spiro atoms. The van der Waals surface area contributed by atoms with Crippen molar-refractivity contribution in [1.82, 2.24) is 15.5 Å². The lowest BCUT2D eigenvalue weighted by Gasteiger charge is -2.32. The quantitative estimate of drug-likeness (QED) is 0.838. The first-order valence-corrected chi connectivity index (χ1v) is 9.51. The van der Waals surface area contributed by atoms with Gasteiger partial charge in [0.1, 0.15) is 5.01 Å². The second-order valence-corrected chi connectivity index (χ2v) is 8.14. The van der Waals surface area contributed by atoms with Gasteiger partial charge >= 0.3 is 0 Å². The molecule has 2 atom stereocenters. The summed E-state index contributed by atoms with van der Waals surface area (Å²) >= 11 is 13.6. The van der Waals surface area contributed by atoms with Crippen LogP contribution in [0.2, 0.25) is 10.0 Å². The fraction of sp³-hybridized carbons (Fsp3) is 0.438. The molecule has 24 heavy (non-hydrogen) atoms. The van der Waals surface area contributed by atoms with Crippen LogP contribution in [0.1, 0.15) is 25.7 Å². The van der Waals surface area contributed by atoms with Crippen LogP contribution in [0, 0.1) is 5.92 Å². The molecule has 2 N–H and O–H groups in total. The summed E-state index contributed by atoms with van der Waals surface area (Å²) in [5, 5.41) is 17.7. The van der Waals surface area contributed by atoms with Crippen LogP contribution < -0.4 is 10.6 Å². The minimum absolute atomic E-state index is 0.150. The van der Waals surface area contributed by atoms with E-state index < -0.39 is 0 Å². The van der Waals surface area contributed by atoms with Crippen LogP contribution >= 0.6 is 34.5 Å². The highest BCUT2D eigenvalue weighted by atomic mass is 35.5. The second-order valence-electron chi connectivity index (χ2n) is 6.29. The number of nitrogens with zero attached hydrogens (tertiary/aromatic N) is 2. The summed E-state index contributed by atoms with van der Waals surface area (Å²) in [4.78, 5) is 11.7. The number of amides is 1. The summed E-state index contributed by atoms with van der Waals surface area (Å²) in [5.74, 6) is 0.738. The Morgan fingerprint density at radius 3 is 2.58 bits per heavy atom. The Bertz CT molecular complexity index is 757. The zero-order valence-corrected chi connectivity index (χ0v) is 15.1. The first-order valence-electron chi connectivity index (χ1n) is 7.94. The van der Waals surface area contributed by atoms with Crippen LogP contribution in [0.3, 0.4) is 0 Å². The number of rotatable bonds is 4. The summed E-state index contributed by atoms with van der Waals surface area (Å²) in [6, 6.07) is 5.74. The molecule has 5 nitrogen and oxygen atoms in total. The monoisotopic (exact) mass is 382 g/mol. The van der Waals surface area contributed by atoms with Crippen molar-refractivity contribution in [2.75, 3.05) is 5.32 Å². The molecule has 8 heteroatoms. The molecular formula is C16H16Cl2N4OS. The summed E-state index contributed by atoms with van der Waals surface area (Å²) in [6.07, 6.45) is 3.75. The Hall–Kier alpha value is -1.37. The van der Waals surface area contributed by atoms with Gasteiger partial charge in [0.05, 0.1) is 6.04 Å². The van der Waals surface area contributed by atoms with Gasteiger partial charge in [0.2, 0.25) is 11.0 Å². The van der Waals surface area contributed by atoms with E-state index in [-0.39, 0.29) is 18.0 Å². The first-order chi connectivity index (χ1) is 11.6. The van der Waals surface area contributed by atoms with Crippen LogP contribution in [-0.4, -0.2) is 28.2 Å². The third kappa shape index (κ3) is 3.50. The molecule has 1 saturated carbocycles. The number of benzene rings is 1. The molecule has 126 valence electrons. The van der Waals surface area contributed by atoms with Crippen molar-refractivity contribution in [2.45, 2.75) is 37.8 Å². The van der Waals surface area contributed by atoms with E-state index in [2.05, 4.69) is 20.8 Å². The highest BCUT2D eigenvalue weighted by Crippen LogP contribution is 2.38. The topological polar surface area (TPSA) is 66.9 Å².